The van der Waals surface area contributed by atoms with E-state index in [1.54, 1.807) is 23.1 Å². The molecule has 1 atom stereocenters. The number of pyridine rings is 1. The Balaban J connectivity index is 1.61. The number of methoxy groups -OCH3 is 2. The average Bonchev–Trinajstić information content (AvgIpc) is 3.54. The summed E-state index contributed by atoms with van der Waals surface area (Å²) in [5, 5.41) is 4.20. The van der Waals surface area contributed by atoms with Crippen molar-refractivity contribution in [1.82, 2.24) is 24.7 Å². The maximum atomic E-state index is 15.5. The minimum absolute atomic E-state index is 0.0986. The second-order valence-corrected chi connectivity index (χ2v) is 8.17. The van der Waals surface area contributed by atoms with Crippen LogP contribution < -0.4 is 14.4 Å². The average molecular weight is 465 g/mol. The molecule has 0 bridgehead atoms. The van der Waals surface area contributed by atoms with E-state index >= 15 is 4.39 Å². The smallest absolute Gasteiger partial charge is 0.188 e. The number of hydrogen-bond donors (Lipinski definition) is 0. The number of halogens is 1. The Morgan fingerprint density at radius 1 is 1.18 bits per heavy atom. The Labute approximate surface area is 196 Å². The number of aromatic nitrogens is 5. The third kappa shape index (κ3) is 4.24. The molecule has 0 saturated carbocycles. The van der Waals surface area contributed by atoms with Crippen LogP contribution in [0.1, 0.15) is 6.42 Å². The predicted octanol–water partition coefficient (Wildman–Crippen LogP) is 3.76. The van der Waals surface area contributed by atoms with Crippen molar-refractivity contribution in [2.45, 2.75) is 6.42 Å². The van der Waals surface area contributed by atoms with Gasteiger partial charge >= 0.3 is 0 Å². The van der Waals surface area contributed by atoms with Crippen LogP contribution in [0.3, 0.4) is 0 Å². The zero-order valence-corrected chi connectivity index (χ0v) is 19.2. The van der Waals surface area contributed by atoms with E-state index in [4.69, 9.17) is 24.2 Å². The highest BCUT2D eigenvalue weighted by Crippen LogP contribution is 2.37. The molecule has 1 aliphatic heterocycles. The summed E-state index contributed by atoms with van der Waals surface area (Å²) < 4.78 is 33.4. The van der Waals surface area contributed by atoms with Crippen molar-refractivity contribution in [1.29, 1.82) is 0 Å². The highest BCUT2D eigenvalue weighted by molar-refractivity contribution is 5.77. The van der Waals surface area contributed by atoms with Crippen LogP contribution in [0.15, 0.2) is 42.9 Å². The van der Waals surface area contributed by atoms with Crippen molar-refractivity contribution in [2.24, 2.45) is 13.0 Å². The van der Waals surface area contributed by atoms with Gasteiger partial charge in [-0.05, 0) is 18.6 Å². The maximum Gasteiger partial charge on any atom is 0.188 e. The molecule has 0 aliphatic carbocycles. The van der Waals surface area contributed by atoms with Gasteiger partial charge in [0.25, 0.3) is 0 Å². The molecule has 1 aromatic carbocycles. The van der Waals surface area contributed by atoms with Gasteiger partial charge in [-0.1, -0.05) is 0 Å². The van der Waals surface area contributed by atoms with Gasteiger partial charge in [0.2, 0.25) is 0 Å². The first-order valence-corrected chi connectivity index (χ1v) is 11.0. The Hall–Kier alpha value is -3.79. The van der Waals surface area contributed by atoms with Crippen LogP contribution in [0, 0.1) is 11.7 Å². The van der Waals surface area contributed by atoms with Crippen LogP contribution in [0.2, 0.25) is 0 Å². The minimum Gasteiger partial charge on any atom is -0.497 e. The fourth-order valence-electron chi connectivity index (χ4n) is 4.05. The molecular weight excluding hydrogens is 439 g/mol. The van der Waals surface area contributed by atoms with Gasteiger partial charge in [-0.2, -0.15) is 5.10 Å². The summed E-state index contributed by atoms with van der Waals surface area (Å²) in [5.74, 6) is 0.870. The van der Waals surface area contributed by atoms with Gasteiger partial charge in [-0.15, -0.1) is 0 Å². The summed E-state index contributed by atoms with van der Waals surface area (Å²) in [6, 6.07) is 6.83. The third-order valence-electron chi connectivity index (χ3n) is 5.87. The van der Waals surface area contributed by atoms with E-state index in [2.05, 4.69) is 10.1 Å². The van der Waals surface area contributed by atoms with Crippen molar-refractivity contribution >= 4 is 22.7 Å². The summed E-state index contributed by atoms with van der Waals surface area (Å²) in [6.45, 7) is 1.81. The quantitative estimate of drug-likeness (QED) is 0.409. The highest BCUT2D eigenvalue weighted by Gasteiger charge is 2.26. The predicted molar refractivity (Wildman–Crippen MR) is 125 cm³/mol. The molecule has 1 unspecified atom stereocenters. The monoisotopic (exact) mass is 464 g/mol. The van der Waals surface area contributed by atoms with Crippen LogP contribution in [0.25, 0.3) is 22.4 Å². The standard InChI is InChI=1S/C24H25FN6O3/c1-30-13-16(10-27-30)19-11-26-18-4-5-22(29-24(18)28-19)31(12-15-6-7-34-14-15)20-8-17(32-2)9-21(33-3)23(20)25/h4-5,8-11,13,15H,6-7,12,14H2,1-3H3. The minimum atomic E-state index is -0.487. The zero-order valence-electron chi connectivity index (χ0n) is 19.2. The molecule has 5 rings (SSSR count). The summed E-state index contributed by atoms with van der Waals surface area (Å²) in [7, 11) is 4.81. The number of aryl methyl sites for hydroxylation is 1. The van der Waals surface area contributed by atoms with Crippen molar-refractivity contribution in [3.05, 3.63) is 48.7 Å². The van der Waals surface area contributed by atoms with Crippen molar-refractivity contribution in [3.63, 3.8) is 0 Å². The van der Waals surface area contributed by atoms with Gasteiger partial charge in [0.05, 0.1) is 44.6 Å². The molecule has 0 N–H and O–H groups in total. The molecule has 34 heavy (non-hydrogen) atoms. The molecule has 176 valence electrons. The van der Waals surface area contributed by atoms with Gasteiger partial charge in [-0.3, -0.25) is 9.67 Å². The summed E-state index contributed by atoms with van der Waals surface area (Å²) >= 11 is 0. The van der Waals surface area contributed by atoms with E-state index < -0.39 is 5.82 Å². The zero-order chi connectivity index (χ0) is 23.7. The fraction of sp³-hybridized carbons (Fsp3) is 0.333. The van der Waals surface area contributed by atoms with Crippen molar-refractivity contribution in [3.8, 4) is 22.8 Å². The number of rotatable bonds is 7. The van der Waals surface area contributed by atoms with Gasteiger partial charge in [0.15, 0.2) is 17.2 Å². The number of benzene rings is 1. The molecule has 0 amide bonds. The lowest BCUT2D eigenvalue weighted by Gasteiger charge is -2.27. The molecule has 1 aliphatic rings. The summed E-state index contributed by atoms with van der Waals surface area (Å²) in [5.41, 5.74) is 2.92. The second kappa shape index (κ2) is 9.22. The van der Waals surface area contributed by atoms with Gasteiger partial charge in [0, 0.05) is 50.0 Å². The van der Waals surface area contributed by atoms with Crippen LogP contribution in [0.5, 0.6) is 11.5 Å². The number of fused-ring (bicyclic) bond motifs is 1. The first kappa shape index (κ1) is 22.0. The lowest BCUT2D eigenvalue weighted by atomic mass is 10.1. The van der Waals surface area contributed by atoms with Gasteiger partial charge < -0.3 is 19.1 Å². The van der Waals surface area contributed by atoms with Crippen LogP contribution >= 0.6 is 0 Å². The van der Waals surface area contributed by atoms with E-state index in [9.17, 15) is 0 Å². The molecule has 9 nitrogen and oxygen atoms in total. The van der Waals surface area contributed by atoms with Crippen LogP contribution in [-0.2, 0) is 11.8 Å². The molecule has 10 heteroatoms. The SMILES string of the molecule is COc1cc(OC)c(F)c(N(CC2CCOC2)c2ccc3ncc(-c4cnn(C)c4)nc3n2)c1. The molecule has 4 heterocycles. The van der Waals surface area contributed by atoms with Gasteiger partial charge in [0.1, 0.15) is 17.1 Å². The molecule has 1 fully saturated rings. The van der Waals surface area contributed by atoms with Crippen LogP contribution in [-0.4, -0.2) is 58.7 Å². The van der Waals surface area contributed by atoms with Gasteiger partial charge in [-0.25, -0.2) is 14.4 Å². The van der Waals surface area contributed by atoms with Crippen molar-refractivity contribution in [2.75, 3.05) is 38.9 Å². The number of nitrogens with zero attached hydrogens (tertiary/aromatic N) is 6. The van der Waals surface area contributed by atoms with E-state index in [0.29, 0.717) is 53.9 Å². The molecule has 0 radical (unpaired) electrons. The molecule has 0 spiro atoms. The topological polar surface area (TPSA) is 87.4 Å². The number of ether oxygens (including phenoxy) is 3. The second-order valence-electron chi connectivity index (χ2n) is 8.17. The first-order chi connectivity index (χ1) is 16.6. The van der Waals surface area contributed by atoms with Crippen molar-refractivity contribution < 1.29 is 18.6 Å². The normalized spacial score (nSPS) is 15.6. The maximum absolute atomic E-state index is 15.5. The van der Waals surface area contributed by atoms with E-state index in [0.717, 1.165) is 12.0 Å². The summed E-state index contributed by atoms with van der Waals surface area (Å²) in [4.78, 5) is 15.8. The lowest BCUT2D eigenvalue weighted by molar-refractivity contribution is 0.187. The molecule has 4 aromatic rings. The van der Waals surface area contributed by atoms with E-state index in [1.165, 1.54) is 20.3 Å². The number of anilines is 2. The molecular formula is C24H25FN6O3. The Morgan fingerprint density at radius 3 is 2.76 bits per heavy atom. The number of hydrogen-bond acceptors (Lipinski definition) is 8. The lowest BCUT2D eigenvalue weighted by Crippen LogP contribution is -2.27. The third-order valence-corrected chi connectivity index (χ3v) is 5.87. The van der Waals surface area contributed by atoms with Crippen LogP contribution in [0.4, 0.5) is 15.9 Å². The summed E-state index contributed by atoms with van der Waals surface area (Å²) in [6.07, 6.45) is 6.17. The Kier molecular flexibility index (Phi) is 5.97. The first-order valence-electron chi connectivity index (χ1n) is 11.0. The Bertz CT molecular complexity index is 1320. The molecule has 3 aromatic heterocycles. The fourth-order valence-corrected chi connectivity index (χ4v) is 4.05. The largest absolute Gasteiger partial charge is 0.497 e. The Morgan fingerprint density at radius 2 is 2.06 bits per heavy atom. The molecule has 1 saturated heterocycles. The highest BCUT2D eigenvalue weighted by atomic mass is 19.1. The van der Waals surface area contributed by atoms with E-state index in [1.807, 2.05) is 30.3 Å². The van der Waals surface area contributed by atoms with E-state index in [-0.39, 0.29) is 11.7 Å².